The first-order valence-corrected chi connectivity index (χ1v) is 8.99. The average molecular weight is 373 g/mol. The van der Waals surface area contributed by atoms with Crippen LogP contribution in [0.5, 0.6) is 0 Å². The van der Waals surface area contributed by atoms with Gasteiger partial charge in [0.2, 0.25) is 5.72 Å². The molecule has 1 unspecified atom stereocenters. The fourth-order valence-corrected chi connectivity index (χ4v) is 4.03. The summed E-state index contributed by atoms with van der Waals surface area (Å²) in [5, 5.41) is 11.8. The van der Waals surface area contributed by atoms with Gasteiger partial charge in [0.1, 0.15) is 11.1 Å². The summed E-state index contributed by atoms with van der Waals surface area (Å²) >= 11 is 0. The maximum absolute atomic E-state index is 13.2. The second kappa shape index (κ2) is 7.52. The van der Waals surface area contributed by atoms with Crippen LogP contribution in [-0.4, -0.2) is 48.1 Å². The lowest BCUT2D eigenvalue weighted by molar-refractivity contribution is -0.158. The minimum Gasteiger partial charge on any atom is -0.465 e. The summed E-state index contributed by atoms with van der Waals surface area (Å²) in [6.07, 6.45) is 4.22. The molecule has 1 saturated carbocycles. The van der Waals surface area contributed by atoms with Gasteiger partial charge in [-0.25, -0.2) is 9.59 Å². The maximum Gasteiger partial charge on any atom is 0.344 e. The predicted molar refractivity (Wildman–Crippen MR) is 95.1 cm³/mol. The molecule has 1 heterocycles. The van der Waals surface area contributed by atoms with Gasteiger partial charge >= 0.3 is 11.9 Å². The Morgan fingerprint density at radius 3 is 2.19 bits per heavy atom. The Morgan fingerprint density at radius 2 is 1.63 bits per heavy atom. The van der Waals surface area contributed by atoms with E-state index in [2.05, 4.69) is 0 Å². The Labute approximate surface area is 157 Å². The van der Waals surface area contributed by atoms with Gasteiger partial charge in [-0.1, -0.05) is 49.6 Å². The van der Waals surface area contributed by atoms with Crippen LogP contribution in [0, 0.1) is 0 Å². The summed E-state index contributed by atoms with van der Waals surface area (Å²) in [6.45, 7) is 0. The first-order chi connectivity index (χ1) is 13.0. The van der Waals surface area contributed by atoms with Crippen LogP contribution < -0.4 is 0 Å². The lowest BCUT2D eigenvalue weighted by atomic mass is 9.89. The molecule has 1 aromatic carbocycles. The molecule has 0 bridgehead atoms. The summed E-state index contributed by atoms with van der Waals surface area (Å²) < 4.78 is 9.55. The Bertz CT molecular complexity index is 781. The van der Waals surface area contributed by atoms with Gasteiger partial charge in [-0.05, 0) is 12.8 Å². The number of esters is 2. The van der Waals surface area contributed by atoms with Crippen LogP contribution in [0.15, 0.2) is 41.5 Å². The van der Waals surface area contributed by atoms with Gasteiger partial charge in [-0.2, -0.15) is 0 Å². The highest BCUT2D eigenvalue weighted by Crippen LogP contribution is 2.46. The van der Waals surface area contributed by atoms with Crippen molar-refractivity contribution in [1.29, 1.82) is 0 Å². The van der Waals surface area contributed by atoms with Crippen LogP contribution in [0.1, 0.15) is 37.7 Å². The fourth-order valence-electron chi connectivity index (χ4n) is 4.03. The van der Waals surface area contributed by atoms with E-state index in [0.717, 1.165) is 33.5 Å². The van der Waals surface area contributed by atoms with E-state index in [1.54, 1.807) is 30.3 Å². The monoisotopic (exact) mass is 373 g/mol. The number of carbonyl (C=O) groups excluding carboxylic acids is 3. The zero-order valence-electron chi connectivity index (χ0n) is 15.4. The highest BCUT2D eigenvalue weighted by Gasteiger charge is 2.59. The average Bonchev–Trinajstić information content (AvgIpc) is 2.96. The smallest absolute Gasteiger partial charge is 0.344 e. The van der Waals surface area contributed by atoms with Crippen molar-refractivity contribution in [1.82, 2.24) is 4.90 Å². The molecule has 0 aromatic heterocycles. The van der Waals surface area contributed by atoms with Gasteiger partial charge in [-0.3, -0.25) is 9.69 Å². The molecule has 27 heavy (non-hydrogen) atoms. The molecular formula is C20H23NO6. The number of rotatable bonds is 4. The van der Waals surface area contributed by atoms with Crippen molar-refractivity contribution in [3.8, 4) is 0 Å². The number of benzene rings is 1. The van der Waals surface area contributed by atoms with E-state index in [1.165, 1.54) is 4.90 Å². The molecule has 0 radical (unpaired) electrons. The third-order valence-electron chi connectivity index (χ3n) is 5.28. The van der Waals surface area contributed by atoms with E-state index in [4.69, 9.17) is 9.47 Å². The quantitative estimate of drug-likeness (QED) is 0.637. The van der Waals surface area contributed by atoms with Gasteiger partial charge in [0, 0.05) is 11.6 Å². The predicted octanol–water partition coefficient (Wildman–Crippen LogP) is 1.65. The maximum atomic E-state index is 13.2. The standard InChI is InChI=1S/C20H23NO6/c1-26-18(23)15-16(19(24)27-2)20(25,13-9-5-3-6-10-13)21(17(15)22)14-11-7-4-8-12-14/h3,5-6,9-10,14,25H,4,7-8,11-12H2,1-2H3. The summed E-state index contributed by atoms with van der Waals surface area (Å²) in [5.74, 6) is -2.61. The first kappa shape index (κ1) is 19.1. The minimum atomic E-state index is -2.09. The highest BCUT2D eigenvalue weighted by atomic mass is 16.5. The topological polar surface area (TPSA) is 93.1 Å². The zero-order valence-corrected chi connectivity index (χ0v) is 15.4. The summed E-state index contributed by atoms with van der Waals surface area (Å²) in [4.78, 5) is 39.4. The Kier molecular flexibility index (Phi) is 5.32. The molecule has 3 rings (SSSR count). The summed E-state index contributed by atoms with van der Waals surface area (Å²) in [6, 6.07) is 8.10. The zero-order chi connectivity index (χ0) is 19.6. The third kappa shape index (κ3) is 3.02. The molecule has 0 spiro atoms. The van der Waals surface area contributed by atoms with Gasteiger partial charge in [0.05, 0.1) is 14.2 Å². The van der Waals surface area contributed by atoms with Crippen LogP contribution >= 0.6 is 0 Å². The molecule has 7 nitrogen and oxygen atoms in total. The number of carbonyl (C=O) groups is 3. The van der Waals surface area contributed by atoms with Crippen molar-refractivity contribution in [3.05, 3.63) is 47.0 Å². The lowest BCUT2D eigenvalue weighted by Crippen LogP contribution is -2.53. The fraction of sp³-hybridized carbons (Fsp3) is 0.450. The number of nitrogens with zero attached hydrogens (tertiary/aromatic N) is 1. The van der Waals surface area contributed by atoms with E-state index in [0.29, 0.717) is 18.4 Å². The molecule has 144 valence electrons. The molecule has 1 aliphatic carbocycles. The second-order valence-corrected chi connectivity index (χ2v) is 6.74. The van der Waals surface area contributed by atoms with Gasteiger partial charge < -0.3 is 14.6 Å². The number of amides is 1. The van der Waals surface area contributed by atoms with Crippen molar-refractivity contribution in [2.45, 2.75) is 43.9 Å². The summed E-state index contributed by atoms with van der Waals surface area (Å²) in [7, 11) is 2.27. The Balaban J connectivity index is 2.25. The van der Waals surface area contributed by atoms with Crippen LogP contribution in [-0.2, 0) is 29.6 Å². The normalized spacial score (nSPS) is 23.5. The third-order valence-corrected chi connectivity index (χ3v) is 5.28. The summed E-state index contributed by atoms with van der Waals surface area (Å²) in [5.41, 5.74) is -2.63. The van der Waals surface area contributed by atoms with Crippen LogP contribution in [0.25, 0.3) is 0 Å². The molecule has 1 atom stereocenters. The van der Waals surface area contributed by atoms with Gasteiger partial charge in [0.15, 0.2) is 0 Å². The lowest BCUT2D eigenvalue weighted by Gasteiger charge is -2.42. The molecule has 1 fully saturated rings. The van der Waals surface area contributed by atoms with Crippen LogP contribution in [0.3, 0.4) is 0 Å². The molecule has 1 aromatic rings. The molecule has 1 N–H and O–H groups in total. The van der Waals surface area contributed by atoms with Crippen molar-refractivity contribution in [3.63, 3.8) is 0 Å². The van der Waals surface area contributed by atoms with Crippen LogP contribution in [0.4, 0.5) is 0 Å². The van der Waals surface area contributed by atoms with Crippen molar-refractivity contribution in [2.24, 2.45) is 0 Å². The number of methoxy groups -OCH3 is 2. The van der Waals surface area contributed by atoms with E-state index in [9.17, 15) is 19.5 Å². The van der Waals surface area contributed by atoms with E-state index in [1.807, 2.05) is 0 Å². The van der Waals surface area contributed by atoms with E-state index >= 15 is 0 Å². The highest BCUT2D eigenvalue weighted by molar-refractivity contribution is 6.24. The molecule has 1 amide bonds. The van der Waals surface area contributed by atoms with E-state index < -0.39 is 34.7 Å². The SMILES string of the molecule is COC(=O)C1=C(C(=O)OC)C(O)(c2ccccc2)N(C2CCCCC2)C1=O. The first-order valence-electron chi connectivity index (χ1n) is 8.99. The molecular weight excluding hydrogens is 350 g/mol. The number of hydrogen-bond acceptors (Lipinski definition) is 6. The molecule has 0 saturated heterocycles. The van der Waals surface area contributed by atoms with Crippen molar-refractivity contribution in [2.75, 3.05) is 14.2 Å². The Morgan fingerprint density at radius 1 is 1.04 bits per heavy atom. The number of aliphatic hydroxyl groups is 1. The van der Waals surface area contributed by atoms with Crippen LogP contribution in [0.2, 0.25) is 0 Å². The largest absolute Gasteiger partial charge is 0.465 e. The van der Waals surface area contributed by atoms with Gasteiger partial charge in [0.25, 0.3) is 5.91 Å². The second-order valence-electron chi connectivity index (χ2n) is 6.74. The molecule has 7 heteroatoms. The van der Waals surface area contributed by atoms with Crippen molar-refractivity contribution >= 4 is 17.8 Å². The number of hydrogen-bond donors (Lipinski definition) is 1. The Hall–Kier alpha value is -2.67. The van der Waals surface area contributed by atoms with E-state index in [-0.39, 0.29) is 6.04 Å². The minimum absolute atomic E-state index is 0.293. The molecule has 1 aliphatic heterocycles. The van der Waals surface area contributed by atoms with Crippen molar-refractivity contribution < 1.29 is 29.0 Å². The number of ether oxygens (including phenoxy) is 2. The van der Waals surface area contributed by atoms with Gasteiger partial charge in [-0.15, -0.1) is 0 Å². The molecule has 2 aliphatic rings.